The van der Waals surface area contributed by atoms with Gasteiger partial charge in [0.15, 0.2) is 0 Å². The number of fused-ring (bicyclic) bond motifs is 1. The van der Waals surface area contributed by atoms with Crippen LogP contribution in [0.4, 0.5) is 5.69 Å². The van der Waals surface area contributed by atoms with Crippen molar-refractivity contribution in [3.05, 3.63) is 60.5 Å². The zero-order valence-corrected chi connectivity index (χ0v) is 14.4. The van der Waals surface area contributed by atoms with E-state index >= 15 is 0 Å². The first-order chi connectivity index (χ1) is 11.9. The maximum Gasteiger partial charge on any atom is 0.312 e. The molecule has 128 valence electrons. The van der Waals surface area contributed by atoms with E-state index in [9.17, 15) is 20.0 Å². The molecule has 0 aliphatic heterocycles. The summed E-state index contributed by atoms with van der Waals surface area (Å²) in [6, 6.07) is 4.11. The van der Waals surface area contributed by atoms with Crippen LogP contribution in [-0.4, -0.2) is 25.9 Å². The van der Waals surface area contributed by atoms with Crippen LogP contribution >= 0.6 is 22.9 Å². The minimum atomic E-state index is -0.754. The van der Waals surface area contributed by atoms with Gasteiger partial charge >= 0.3 is 5.69 Å². The monoisotopic (exact) mass is 378 g/mol. The van der Waals surface area contributed by atoms with Gasteiger partial charge in [-0.1, -0.05) is 18.5 Å². The minimum Gasteiger partial charge on any atom is -0.502 e. The van der Waals surface area contributed by atoms with Crippen LogP contribution in [0.25, 0.3) is 10.2 Å². The number of phenolic OH excluding ortho intramolecular Hbond substituents is 1. The highest BCUT2D eigenvalue weighted by molar-refractivity contribution is 7.18. The van der Waals surface area contributed by atoms with Crippen LogP contribution in [0.15, 0.2) is 34.4 Å². The molecule has 0 aliphatic rings. The molecule has 1 N–H and O–H groups in total. The predicted molar refractivity (Wildman–Crippen MR) is 96.0 cm³/mol. The van der Waals surface area contributed by atoms with Gasteiger partial charge in [-0.2, -0.15) is 9.78 Å². The van der Waals surface area contributed by atoms with Gasteiger partial charge in [0.05, 0.1) is 16.5 Å². The van der Waals surface area contributed by atoms with E-state index in [0.29, 0.717) is 10.2 Å². The molecule has 0 aliphatic carbocycles. The highest BCUT2D eigenvalue weighted by Crippen LogP contribution is 2.32. The van der Waals surface area contributed by atoms with Crippen LogP contribution < -0.4 is 5.56 Å². The molecule has 10 heteroatoms. The Morgan fingerprint density at radius 3 is 2.92 bits per heavy atom. The van der Waals surface area contributed by atoms with Gasteiger partial charge in [0.2, 0.25) is 5.75 Å². The number of aromatic nitrogens is 2. The molecule has 0 fully saturated rings. The third-order valence-electron chi connectivity index (χ3n) is 3.44. The highest BCUT2D eigenvalue weighted by Gasteiger charge is 2.18. The number of phenols is 1. The van der Waals surface area contributed by atoms with Crippen LogP contribution in [0.2, 0.25) is 5.02 Å². The summed E-state index contributed by atoms with van der Waals surface area (Å²) in [6.45, 7) is 1.98. The molecule has 1 aromatic carbocycles. The first kappa shape index (κ1) is 17.1. The van der Waals surface area contributed by atoms with Crippen LogP contribution in [0.1, 0.15) is 17.4 Å². The summed E-state index contributed by atoms with van der Waals surface area (Å²) >= 11 is 7.25. The number of hydrogen-bond donors (Lipinski definition) is 1. The lowest BCUT2D eigenvalue weighted by atomic mass is 10.2. The average Bonchev–Trinajstić information content (AvgIpc) is 3.00. The Bertz CT molecular complexity index is 1070. The number of thiophene rings is 1. The number of rotatable bonds is 4. The lowest BCUT2D eigenvalue weighted by Crippen LogP contribution is -2.16. The molecule has 0 amide bonds. The Kier molecular flexibility index (Phi) is 4.51. The number of nitro groups is 1. The largest absolute Gasteiger partial charge is 0.502 e. The smallest absolute Gasteiger partial charge is 0.312 e. The Labute approximate surface area is 149 Å². The summed E-state index contributed by atoms with van der Waals surface area (Å²) in [6.07, 6.45) is 3.17. The predicted octanol–water partition coefficient (Wildman–Crippen LogP) is 3.17. The molecule has 2 heterocycles. The molecule has 3 aromatic rings. The number of nitro benzene ring substituents is 1. The normalized spacial score (nSPS) is 11.4. The van der Waals surface area contributed by atoms with Crippen molar-refractivity contribution in [2.45, 2.75) is 13.3 Å². The SMILES string of the molecule is CCc1cc2c(=O)n(N=Cc3cc(Cl)cc([N+](=O)[O-])c3O)cnc2s1. The quantitative estimate of drug-likeness (QED) is 0.426. The summed E-state index contributed by atoms with van der Waals surface area (Å²) in [5, 5.41) is 25.3. The Hall–Kier alpha value is -2.78. The van der Waals surface area contributed by atoms with Gasteiger partial charge < -0.3 is 5.11 Å². The van der Waals surface area contributed by atoms with E-state index in [1.165, 1.54) is 23.7 Å². The fourth-order valence-electron chi connectivity index (χ4n) is 2.19. The second-order valence-corrected chi connectivity index (χ2v) is 6.60. The molecule has 0 saturated heterocycles. The van der Waals surface area contributed by atoms with E-state index in [4.69, 9.17) is 11.6 Å². The van der Waals surface area contributed by atoms with Gasteiger partial charge in [-0.15, -0.1) is 11.3 Å². The molecule has 0 radical (unpaired) electrons. The van der Waals surface area contributed by atoms with Gasteiger partial charge in [-0.05, 0) is 18.6 Å². The van der Waals surface area contributed by atoms with E-state index in [1.807, 2.05) is 6.92 Å². The Morgan fingerprint density at radius 2 is 2.24 bits per heavy atom. The van der Waals surface area contributed by atoms with Gasteiger partial charge in [0, 0.05) is 21.5 Å². The molecule has 3 rings (SSSR count). The number of benzene rings is 1. The van der Waals surface area contributed by atoms with Crippen LogP contribution in [0.5, 0.6) is 5.75 Å². The van der Waals surface area contributed by atoms with Crippen molar-refractivity contribution in [3.63, 3.8) is 0 Å². The summed E-state index contributed by atoms with van der Waals surface area (Å²) < 4.78 is 1.00. The molecule has 25 heavy (non-hydrogen) atoms. The fraction of sp³-hybridized carbons (Fsp3) is 0.133. The van der Waals surface area contributed by atoms with Crippen LogP contribution in [-0.2, 0) is 6.42 Å². The van der Waals surface area contributed by atoms with Crippen molar-refractivity contribution >= 4 is 45.1 Å². The van der Waals surface area contributed by atoms with E-state index < -0.39 is 16.4 Å². The summed E-state index contributed by atoms with van der Waals surface area (Å²) in [5.74, 6) is -0.580. The molecule has 0 bridgehead atoms. The number of aryl methyl sites for hydroxylation is 1. The van der Waals surface area contributed by atoms with Crippen molar-refractivity contribution in [2.75, 3.05) is 0 Å². The standard InChI is InChI=1S/C15H11ClN4O4S/c1-2-10-5-11-14(25-10)17-7-19(15(11)22)18-6-8-3-9(16)4-12(13(8)21)20(23)24/h3-7,21H,2H2,1H3. The first-order valence-electron chi connectivity index (χ1n) is 7.12. The lowest BCUT2D eigenvalue weighted by molar-refractivity contribution is -0.385. The van der Waals surface area contributed by atoms with E-state index in [0.717, 1.165) is 28.3 Å². The zero-order chi connectivity index (χ0) is 18.1. The van der Waals surface area contributed by atoms with E-state index in [-0.39, 0.29) is 16.1 Å². The molecule has 0 spiro atoms. The molecule has 0 atom stereocenters. The van der Waals surface area contributed by atoms with Crippen molar-refractivity contribution in [1.82, 2.24) is 9.66 Å². The number of halogens is 1. The van der Waals surface area contributed by atoms with Gasteiger partial charge in [-0.25, -0.2) is 4.98 Å². The highest BCUT2D eigenvalue weighted by atomic mass is 35.5. The summed E-state index contributed by atoms with van der Waals surface area (Å²) in [7, 11) is 0. The molecular formula is C15H11ClN4O4S. The fourth-order valence-corrected chi connectivity index (χ4v) is 3.33. The molecule has 2 aromatic heterocycles. The number of aromatic hydroxyl groups is 1. The summed E-state index contributed by atoms with van der Waals surface area (Å²) in [5.41, 5.74) is -0.890. The second kappa shape index (κ2) is 6.61. The maximum atomic E-state index is 12.4. The van der Waals surface area contributed by atoms with Crippen molar-refractivity contribution in [3.8, 4) is 5.75 Å². The van der Waals surface area contributed by atoms with Crippen LogP contribution in [0.3, 0.4) is 0 Å². The van der Waals surface area contributed by atoms with Crippen LogP contribution in [0, 0.1) is 10.1 Å². The van der Waals surface area contributed by atoms with E-state index in [2.05, 4.69) is 10.1 Å². The molecule has 8 nitrogen and oxygen atoms in total. The summed E-state index contributed by atoms with van der Waals surface area (Å²) in [4.78, 5) is 28.4. The van der Waals surface area contributed by atoms with E-state index in [1.54, 1.807) is 6.07 Å². The van der Waals surface area contributed by atoms with Crippen molar-refractivity contribution in [2.24, 2.45) is 5.10 Å². The van der Waals surface area contributed by atoms with Gasteiger partial charge in [-0.3, -0.25) is 14.9 Å². The maximum absolute atomic E-state index is 12.4. The Morgan fingerprint density at radius 1 is 1.48 bits per heavy atom. The van der Waals surface area contributed by atoms with Crippen molar-refractivity contribution < 1.29 is 10.0 Å². The second-order valence-electron chi connectivity index (χ2n) is 5.04. The zero-order valence-electron chi connectivity index (χ0n) is 12.8. The van der Waals surface area contributed by atoms with Crippen molar-refractivity contribution in [1.29, 1.82) is 0 Å². The topological polar surface area (TPSA) is 111 Å². The third-order valence-corrected chi connectivity index (χ3v) is 4.84. The Balaban J connectivity index is 2.06. The molecular weight excluding hydrogens is 368 g/mol. The minimum absolute atomic E-state index is 0.0192. The lowest BCUT2D eigenvalue weighted by Gasteiger charge is -2.02. The van der Waals surface area contributed by atoms with Gasteiger partial charge in [0.1, 0.15) is 11.2 Å². The first-order valence-corrected chi connectivity index (χ1v) is 8.31. The third kappa shape index (κ3) is 3.24. The number of hydrogen-bond acceptors (Lipinski definition) is 7. The average molecular weight is 379 g/mol. The molecule has 0 saturated carbocycles. The number of nitrogens with zero attached hydrogens (tertiary/aromatic N) is 4. The van der Waals surface area contributed by atoms with Gasteiger partial charge in [0.25, 0.3) is 5.56 Å². The molecule has 0 unspecified atom stereocenters.